The lowest BCUT2D eigenvalue weighted by atomic mass is 10.2. The van der Waals surface area contributed by atoms with Crippen molar-refractivity contribution in [1.29, 1.82) is 0 Å². The highest BCUT2D eigenvalue weighted by Crippen LogP contribution is 2.19. The molecule has 1 fully saturated rings. The van der Waals surface area contributed by atoms with Crippen LogP contribution in [0.3, 0.4) is 0 Å². The molecule has 3 rings (SSSR count). The van der Waals surface area contributed by atoms with Gasteiger partial charge in [0.25, 0.3) is 5.91 Å². The molecule has 0 atom stereocenters. The number of nitrogens with zero attached hydrogens (tertiary/aromatic N) is 4. The Morgan fingerprint density at radius 2 is 1.79 bits per heavy atom. The van der Waals surface area contributed by atoms with Gasteiger partial charge in [0.1, 0.15) is 35.2 Å². The van der Waals surface area contributed by atoms with Gasteiger partial charge >= 0.3 is 0 Å². The average Bonchev–Trinajstić information content (AvgIpc) is 2.59. The van der Waals surface area contributed by atoms with Gasteiger partial charge in [0.15, 0.2) is 0 Å². The number of carbonyl (C=O) groups is 1. The number of piperazine rings is 1. The lowest BCUT2D eigenvalue weighted by Gasteiger charge is -2.33. The van der Waals surface area contributed by atoms with Gasteiger partial charge in [-0.15, -0.1) is 0 Å². The fourth-order valence-electron chi connectivity index (χ4n) is 2.47. The van der Waals surface area contributed by atoms with Crippen molar-refractivity contribution in [3.8, 4) is 0 Å². The second-order valence-corrected chi connectivity index (χ2v) is 5.60. The number of hydrogen-bond acceptors (Lipinski definition) is 5. The number of carbonyl (C=O) groups excluding carboxylic acids is 1. The van der Waals surface area contributed by atoms with Gasteiger partial charge in [-0.1, -0.05) is 6.07 Å². The van der Waals surface area contributed by atoms with Crippen LogP contribution in [0, 0.1) is 11.6 Å². The maximum Gasteiger partial charge on any atom is 0.274 e. The first kappa shape index (κ1) is 16.3. The van der Waals surface area contributed by atoms with Crippen LogP contribution >= 0.6 is 0 Å². The number of para-hydroxylation sites is 1. The van der Waals surface area contributed by atoms with E-state index in [1.54, 1.807) is 0 Å². The molecule has 1 N–H and O–H groups in total. The monoisotopic (exact) mass is 333 g/mol. The molecule has 0 bridgehead atoms. The van der Waals surface area contributed by atoms with E-state index < -0.39 is 23.2 Å². The highest BCUT2D eigenvalue weighted by Gasteiger charge is 2.19. The van der Waals surface area contributed by atoms with Crippen LogP contribution in [0.5, 0.6) is 0 Å². The van der Waals surface area contributed by atoms with Crippen molar-refractivity contribution >= 4 is 17.4 Å². The Bertz CT molecular complexity index is 727. The van der Waals surface area contributed by atoms with Crippen LogP contribution in [-0.2, 0) is 0 Å². The van der Waals surface area contributed by atoms with Gasteiger partial charge < -0.3 is 15.1 Å². The second-order valence-electron chi connectivity index (χ2n) is 5.60. The summed E-state index contributed by atoms with van der Waals surface area (Å²) in [4.78, 5) is 24.6. The maximum absolute atomic E-state index is 13.6. The van der Waals surface area contributed by atoms with Crippen molar-refractivity contribution in [2.75, 3.05) is 43.4 Å². The van der Waals surface area contributed by atoms with E-state index in [2.05, 4.69) is 20.2 Å². The molecule has 1 aromatic carbocycles. The van der Waals surface area contributed by atoms with Crippen LogP contribution < -0.4 is 10.2 Å². The Morgan fingerprint density at radius 3 is 2.46 bits per heavy atom. The molecule has 24 heavy (non-hydrogen) atoms. The summed E-state index contributed by atoms with van der Waals surface area (Å²) in [7, 11) is 2.04. The fourth-order valence-corrected chi connectivity index (χ4v) is 2.47. The van der Waals surface area contributed by atoms with E-state index in [1.165, 1.54) is 18.5 Å². The lowest BCUT2D eigenvalue weighted by Crippen LogP contribution is -2.44. The summed E-state index contributed by atoms with van der Waals surface area (Å²) in [6, 6.07) is 4.92. The summed E-state index contributed by atoms with van der Waals surface area (Å²) in [6.45, 7) is 3.37. The molecule has 1 saturated heterocycles. The largest absolute Gasteiger partial charge is 0.354 e. The average molecular weight is 333 g/mol. The van der Waals surface area contributed by atoms with Gasteiger partial charge in [-0.3, -0.25) is 4.79 Å². The second kappa shape index (κ2) is 6.88. The molecule has 2 aromatic rings. The van der Waals surface area contributed by atoms with Gasteiger partial charge in [0, 0.05) is 32.2 Å². The van der Waals surface area contributed by atoms with Crippen LogP contribution in [0.15, 0.2) is 30.6 Å². The van der Waals surface area contributed by atoms with Gasteiger partial charge in [0.2, 0.25) is 0 Å². The first-order valence-electron chi connectivity index (χ1n) is 7.55. The standard InChI is InChI=1S/C16H17F2N5O/c1-22-5-7-23(8-6-22)14-9-13(19-10-20-14)16(24)21-15-11(17)3-2-4-12(15)18/h2-4,9-10H,5-8H2,1H3,(H,21,24). The van der Waals surface area contributed by atoms with E-state index >= 15 is 0 Å². The van der Waals surface area contributed by atoms with E-state index in [0.717, 1.165) is 38.3 Å². The number of aromatic nitrogens is 2. The molecule has 1 amide bonds. The van der Waals surface area contributed by atoms with E-state index in [9.17, 15) is 13.6 Å². The summed E-state index contributed by atoms with van der Waals surface area (Å²) >= 11 is 0. The number of hydrogen-bond donors (Lipinski definition) is 1. The molecular formula is C16H17F2N5O. The number of benzene rings is 1. The molecule has 0 aliphatic carbocycles. The Balaban J connectivity index is 1.77. The van der Waals surface area contributed by atoms with Gasteiger partial charge in [-0.25, -0.2) is 18.7 Å². The smallest absolute Gasteiger partial charge is 0.274 e. The zero-order valence-corrected chi connectivity index (χ0v) is 13.2. The third kappa shape index (κ3) is 3.48. The third-order valence-electron chi connectivity index (χ3n) is 3.91. The SMILES string of the molecule is CN1CCN(c2cc(C(=O)Nc3c(F)cccc3F)ncn2)CC1. The normalized spacial score (nSPS) is 15.4. The van der Waals surface area contributed by atoms with Crippen molar-refractivity contribution in [3.63, 3.8) is 0 Å². The van der Waals surface area contributed by atoms with Crippen LogP contribution in [0.4, 0.5) is 20.3 Å². The molecular weight excluding hydrogens is 316 g/mol. The van der Waals surface area contributed by atoms with E-state index in [0.29, 0.717) is 5.82 Å². The first-order valence-corrected chi connectivity index (χ1v) is 7.55. The Labute approximate surface area is 138 Å². The fraction of sp³-hybridized carbons (Fsp3) is 0.312. The summed E-state index contributed by atoms with van der Waals surface area (Å²) in [5, 5.41) is 2.23. The van der Waals surface area contributed by atoms with Crippen LogP contribution in [0.1, 0.15) is 10.5 Å². The molecule has 0 saturated carbocycles. The number of amides is 1. The Morgan fingerprint density at radius 1 is 1.12 bits per heavy atom. The number of nitrogens with one attached hydrogen (secondary N) is 1. The predicted octanol–water partition coefficient (Wildman–Crippen LogP) is 1.76. The molecule has 6 nitrogen and oxygen atoms in total. The van der Waals surface area contributed by atoms with Crippen molar-refractivity contribution in [2.24, 2.45) is 0 Å². The van der Waals surface area contributed by atoms with Crippen molar-refractivity contribution in [1.82, 2.24) is 14.9 Å². The minimum atomic E-state index is -0.836. The molecule has 0 radical (unpaired) electrons. The Hall–Kier alpha value is -2.61. The van der Waals surface area contributed by atoms with E-state index in [1.807, 2.05) is 11.9 Å². The zero-order valence-electron chi connectivity index (χ0n) is 13.2. The van der Waals surface area contributed by atoms with E-state index in [-0.39, 0.29) is 5.69 Å². The minimum absolute atomic E-state index is 0.0570. The van der Waals surface area contributed by atoms with Crippen molar-refractivity contribution in [3.05, 3.63) is 47.9 Å². The Kier molecular flexibility index (Phi) is 4.66. The maximum atomic E-state index is 13.6. The lowest BCUT2D eigenvalue weighted by molar-refractivity contribution is 0.102. The topological polar surface area (TPSA) is 61.4 Å². The molecule has 126 valence electrons. The first-order chi connectivity index (χ1) is 11.5. The summed E-state index contributed by atoms with van der Waals surface area (Å²) < 4.78 is 27.3. The molecule has 0 spiro atoms. The van der Waals surface area contributed by atoms with Gasteiger partial charge in [-0.2, -0.15) is 0 Å². The molecule has 0 unspecified atom stereocenters. The summed E-state index contributed by atoms with van der Waals surface area (Å²) in [5.41, 5.74) is -0.427. The van der Waals surface area contributed by atoms with Gasteiger partial charge in [-0.05, 0) is 19.2 Å². The van der Waals surface area contributed by atoms with Crippen molar-refractivity contribution in [2.45, 2.75) is 0 Å². The van der Waals surface area contributed by atoms with Crippen LogP contribution in [-0.4, -0.2) is 54.0 Å². The number of anilines is 2. The minimum Gasteiger partial charge on any atom is -0.354 e. The molecule has 8 heteroatoms. The van der Waals surface area contributed by atoms with Crippen LogP contribution in [0.25, 0.3) is 0 Å². The number of halogens is 2. The van der Waals surface area contributed by atoms with Gasteiger partial charge in [0.05, 0.1) is 0 Å². The summed E-state index contributed by atoms with van der Waals surface area (Å²) in [5.74, 6) is -1.73. The van der Waals surface area contributed by atoms with Crippen LogP contribution in [0.2, 0.25) is 0 Å². The van der Waals surface area contributed by atoms with Crippen molar-refractivity contribution < 1.29 is 13.6 Å². The summed E-state index contributed by atoms with van der Waals surface area (Å²) in [6.07, 6.45) is 1.28. The number of likely N-dealkylation sites (N-methyl/N-ethyl adjacent to an activating group) is 1. The molecule has 1 aliphatic heterocycles. The van der Waals surface area contributed by atoms with E-state index in [4.69, 9.17) is 0 Å². The zero-order chi connectivity index (χ0) is 17.1. The highest BCUT2D eigenvalue weighted by atomic mass is 19.1. The molecule has 2 heterocycles. The third-order valence-corrected chi connectivity index (χ3v) is 3.91. The molecule has 1 aliphatic rings. The predicted molar refractivity (Wildman–Crippen MR) is 86.1 cm³/mol. The molecule has 1 aromatic heterocycles. The quantitative estimate of drug-likeness (QED) is 0.927. The number of rotatable bonds is 3. The highest BCUT2D eigenvalue weighted by molar-refractivity contribution is 6.03.